The van der Waals surface area contributed by atoms with Crippen LogP contribution in [-0.4, -0.2) is 19.9 Å². The van der Waals surface area contributed by atoms with Gasteiger partial charge in [-0.2, -0.15) is 0 Å². The zero-order valence-corrected chi connectivity index (χ0v) is 34.6. The summed E-state index contributed by atoms with van der Waals surface area (Å²) in [7, 11) is -32.0. The molecular formula is C32H22F22IrN4P3. The Bertz CT molecular complexity index is 2090. The van der Waals surface area contributed by atoms with Crippen molar-refractivity contribution in [2.24, 2.45) is 0 Å². The number of rotatable bonds is 3. The molecule has 0 aliphatic rings. The molecule has 0 atom stereocenters. The summed E-state index contributed by atoms with van der Waals surface area (Å²) < 4.78 is 229. The van der Waals surface area contributed by atoms with Crippen LogP contribution in [0.15, 0.2) is 134 Å². The van der Waals surface area contributed by atoms with Gasteiger partial charge in [0.25, 0.3) is 0 Å². The first kappa shape index (κ1) is 57.4. The second-order valence-corrected chi connectivity index (χ2v) is 16.7. The van der Waals surface area contributed by atoms with E-state index in [1.165, 1.54) is 24.3 Å². The molecule has 4 heterocycles. The first-order valence-electron chi connectivity index (χ1n) is 15.1. The van der Waals surface area contributed by atoms with Gasteiger partial charge in [0.2, 0.25) is 0 Å². The van der Waals surface area contributed by atoms with Crippen LogP contribution in [0.25, 0.3) is 33.9 Å². The van der Waals surface area contributed by atoms with E-state index in [-0.39, 0.29) is 20.1 Å². The van der Waals surface area contributed by atoms with Crippen molar-refractivity contribution in [1.29, 1.82) is 0 Å². The van der Waals surface area contributed by atoms with E-state index in [2.05, 4.69) is 19.9 Å². The van der Waals surface area contributed by atoms with E-state index < -0.39 is 46.7 Å². The maximum atomic E-state index is 13.3. The Morgan fingerprint density at radius 3 is 0.677 bits per heavy atom. The summed E-state index contributed by atoms with van der Waals surface area (Å²) in [6, 6.07) is 28.8. The summed E-state index contributed by atoms with van der Waals surface area (Å²) in [5, 5.41) is 0. The normalized spacial score (nSPS) is 14.3. The molecule has 0 fully saturated rings. The van der Waals surface area contributed by atoms with E-state index in [9.17, 15) is 93.1 Å². The van der Waals surface area contributed by atoms with Gasteiger partial charge in [-0.15, -0.1) is 0 Å². The molecule has 0 bridgehead atoms. The van der Waals surface area contributed by atoms with Gasteiger partial charge in [-0.25, -0.2) is 17.6 Å². The Balaban J connectivity index is 0.000000739. The topological polar surface area (TPSA) is 51.6 Å². The van der Waals surface area contributed by atoms with Crippen molar-refractivity contribution < 1.29 is 113 Å². The molecule has 348 valence electrons. The van der Waals surface area contributed by atoms with Gasteiger partial charge >= 0.3 is 119 Å². The molecule has 0 radical (unpaired) electrons. The average molecular weight is 1170 g/mol. The molecule has 0 amide bonds. The largest absolute Gasteiger partial charge is 3.00 e. The molecule has 0 aliphatic heterocycles. The number of hydrogen-bond donors (Lipinski definition) is 0. The van der Waals surface area contributed by atoms with E-state index in [1.54, 1.807) is 61.2 Å². The quantitative estimate of drug-likeness (QED) is 0.131. The van der Waals surface area contributed by atoms with Gasteiger partial charge in [0.1, 0.15) is 23.3 Å². The molecule has 0 aliphatic carbocycles. The van der Waals surface area contributed by atoms with Gasteiger partial charge in [-0.05, 0) is 72.8 Å². The van der Waals surface area contributed by atoms with Crippen molar-refractivity contribution >= 4 is 23.4 Å². The number of benzene rings is 2. The van der Waals surface area contributed by atoms with E-state index in [1.807, 2.05) is 36.4 Å². The Morgan fingerprint density at radius 2 is 0.500 bits per heavy atom. The van der Waals surface area contributed by atoms with Crippen LogP contribution < -0.4 is 0 Å². The van der Waals surface area contributed by atoms with Crippen molar-refractivity contribution in [2.45, 2.75) is 0 Å². The van der Waals surface area contributed by atoms with Crippen LogP contribution in [0, 0.1) is 23.3 Å². The van der Waals surface area contributed by atoms with E-state index >= 15 is 0 Å². The third-order valence-corrected chi connectivity index (χ3v) is 5.34. The first-order chi connectivity index (χ1) is 26.9. The van der Waals surface area contributed by atoms with Crippen LogP contribution in [-0.2, 0) is 20.1 Å². The SMILES string of the molecule is F[P-](F)(F)(F)(F)F.F[P-](F)(F)(F)(F)F.F[P-](F)(F)(F)(F)F.Fc1ccc(-c2ccccn2)c(F)c1.Fc1ccc(-c2ccccn2)c(F)c1.[Ir+3].c1ccc(-c2ccccn2)nc1. The second-order valence-electron chi connectivity index (χ2n) is 11.0. The molecule has 62 heavy (non-hydrogen) atoms. The third-order valence-electron chi connectivity index (χ3n) is 5.34. The Morgan fingerprint density at radius 1 is 0.290 bits per heavy atom. The van der Waals surface area contributed by atoms with Gasteiger partial charge in [0, 0.05) is 48.0 Å². The maximum Gasteiger partial charge on any atom is 3.00 e. The summed E-state index contributed by atoms with van der Waals surface area (Å²) >= 11 is 0. The van der Waals surface area contributed by atoms with Crippen molar-refractivity contribution in [1.82, 2.24) is 19.9 Å². The molecule has 2 aromatic carbocycles. The summed E-state index contributed by atoms with van der Waals surface area (Å²) in [5.74, 6) is -2.35. The fourth-order valence-electron chi connectivity index (χ4n) is 3.47. The van der Waals surface area contributed by atoms with Crippen LogP contribution in [0.3, 0.4) is 0 Å². The fraction of sp³-hybridized carbons (Fsp3) is 0. The standard InChI is InChI=1S/2C11H7F2N.C10H8N2.3F6P.Ir/c2*12-8-4-5-9(10(13)7-8)11-3-1-2-6-14-11;1-3-7-11-9(5-1)10-6-2-4-8-12-10;3*1-7(2,3,4,5)6;/h2*1-7H;1-8H;;;;/q;;;3*-1;+3. The minimum absolute atomic E-state index is 0. The summed E-state index contributed by atoms with van der Waals surface area (Å²) in [4.78, 5) is 16.3. The molecule has 0 N–H and O–H groups in total. The molecule has 0 saturated carbocycles. The summed E-state index contributed by atoms with van der Waals surface area (Å²) in [5.41, 5.74) is 3.46. The van der Waals surface area contributed by atoms with Crippen molar-refractivity contribution in [3.63, 3.8) is 0 Å². The van der Waals surface area contributed by atoms with E-state index in [0.29, 0.717) is 22.5 Å². The Labute approximate surface area is 347 Å². The number of halogens is 22. The minimum atomic E-state index is -10.7. The Hall–Kier alpha value is -4.56. The van der Waals surface area contributed by atoms with Crippen LogP contribution in [0.2, 0.25) is 0 Å². The van der Waals surface area contributed by atoms with Crippen molar-refractivity contribution in [3.05, 3.63) is 157 Å². The smallest absolute Gasteiger partial charge is 0.256 e. The molecule has 4 aromatic heterocycles. The molecule has 30 heteroatoms. The van der Waals surface area contributed by atoms with Gasteiger partial charge in [0.05, 0.1) is 22.8 Å². The van der Waals surface area contributed by atoms with Crippen LogP contribution in [0.1, 0.15) is 0 Å². The van der Waals surface area contributed by atoms with Crippen LogP contribution in [0.4, 0.5) is 93.1 Å². The predicted octanol–water partition coefficient (Wildman–Crippen LogP) is 18.3. The zero-order chi connectivity index (χ0) is 47.4. The molecule has 0 unspecified atom stereocenters. The van der Waals surface area contributed by atoms with Gasteiger partial charge in [-0.1, -0.05) is 24.3 Å². The minimum Gasteiger partial charge on any atom is -0.256 e. The Kier molecular flexibility index (Phi) is 17.3. The van der Waals surface area contributed by atoms with E-state index in [0.717, 1.165) is 23.5 Å². The van der Waals surface area contributed by atoms with Crippen LogP contribution >= 0.6 is 23.4 Å². The number of hydrogen-bond acceptors (Lipinski definition) is 4. The van der Waals surface area contributed by atoms with Gasteiger partial charge in [0.15, 0.2) is 0 Å². The van der Waals surface area contributed by atoms with Crippen molar-refractivity contribution in [2.75, 3.05) is 0 Å². The monoisotopic (exact) mass is 1170 g/mol. The molecular weight excluding hydrogens is 1140 g/mol. The zero-order valence-electron chi connectivity index (χ0n) is 29.5. The number of pyridine rings is 4. The molecule has 4 nitrogen and oxygen atoms in total. The molecule has 0 saturated heterocycles. The molecule has 0 spiro atoms. The maximum absolute atomic E-state index is 13.3. The van der Waals surface area contributed by atoms with Gasteiger partial charge in [-0.3, -0.25) is 19.9 Å². The molecule has 6 rings (SSSR count). The predicted molar refractivity (Wildman–Crippen MR) is 187 cm³/mol. The van der Waals surface area contributed by atoms with Crippen LogP contribution in [0.5, 0.6) is 0 Å². The summed E-state index contributed by atoms with van der Waals surface area (Å²) in [6.07, 6.45) is 6.67. The fourth-order valence-corrected chi connectivity index (χ4v) is 3.47. The number of aromatic nitrogens is 4. The number of nitrogens with zero attached hydrogens (tertiary/aromatic N) is 4. The summed E-state index contributed by atoms with van der Waals surface area (Å²) in [6.45, 7) is 0. The first-order valence-corrected chi connectivity index (χ1v) is 21.2. The average Bonchev–Trinajstić information content (AvgIpc) is 3.06. The second kappa shape index (κ2) is 18.7. The van der Waals surface area contributed by atoms with Gasteiger partial charge < -0.3 is 0 Å². The van der Waals surface area contributed by atoms with E-state index in [4.69, 9.17) is 0 Å². The third kappa shape index (κ3) is 38.4. The molecule has 6 aromatic rings. The van der Waals surface area contributed by atoms with Crippen molar-refractivity contribution in [3.8, 4) is 33.9 Å².